The van der Waals surface area contributed by atoms with Crippen LogP contribution in [0.25, 0.3) is 10.9 Å². The van der Waals surface area contributed by atoms with Gasteiger partial charge in [0, 0.05) is 19.0 Å². The zero-order valence-electron chi connectivity index (χ0n) is 15.3. The zero-order valence-corrected chi connectivity index (χ0v) is 15.3. The summed E-state index contributed by atoms with van der Waals surface area (Å²) in [6.07, 6.45) is 2.40. The maximum absolute atomic E-state index is 13.3. The Morgan fingerprint density at radius 2 is 1.96 bits per heavy atom. The number of hydrogen-bond acceptors (Lipinski definition) is 5. The van der Waals surface area contributed by atoms with E-state index in [9.17, 15) is 9.59 Å². The second-order valence-corrected chi connectivity index (χ2v) is 7.46. The van der Waals surface area contributed by atoms with Crippen LogP contribution in [0.15, 0.2) is 33.6 Å². The molecule has 0 radical (unpaired) electrons. The van der Waals surface area contributed by atoms with Gasteiger partial charge in [0.1, 0.15) is 17.1 Å². The van der Waals surface area contributed by atoms with Gasteiger partial charge < -0.3 is 9.42 Å². The third-order valence-electron chi connectivity index (χ3n) is 5.85. The van der Waals surface area contributed by atoms with Crippen LogP contribution in [0, 0.1) is 13.8 Å². The van der Waals surface area contributed by atoms with Crippen molar-refractivity contribution in [1.29, 1.82) is 0 Å². The van der Waals surface area contributed by atoms with Gasteiger partial charge in [-0.15, -0.1) is 0 Å². The van der Waals surface area contributed by atoms with Crippen molar-refractivity contribution in [2.75, 3.05) is 0 Å². The van der Waals surface area contributed by atoms with Crippen molar-refractivity contribution in [3.8, 4) is 0 Å². The molecule has 1 aromatic carbocycles. The Morgan fingerprint density at radius 3 is 2.74 bits per heavy atom. The molecule has 1 fully saturated rings. The normalized spacial score (nSPS) is 21.3. The number of carbonyl (C=O) groups is 1. The van der Waals surface area contributed by atoms with Gasteiger partial charge in [-0.1, -0.05) is 17.3 Å². The number of carbonyl (C=O) groups excluding carboxylic acids is 1. The summed E-state index contributed by atoms with van der Waals surface area (Å²) in [7, 11) is 0. The first-order valence-electron chi connectivity index (χ1n) is 9.28. The van der Waals surface area contributed by atoms with Crippen LogP contribution in [-0.4, -0.2) is 37.6 Å². The highest BCUT2D eigenvalue weighted by Gasteiger charge is 2.42. The van der Waals surface area contributed by atoms with Crippen LogP contribution < -0.4 is 5.56 Å². The highest BCUT2D eigenvalue weighted by molar-refractivity contribution is 5.96. The lowest BCUT2D eigenvalue weighted by molar-refractivity contribution is 0.0663. The van der Waals surface area contributed by atoms with Crippen molar-refractivity contribution in [1.82, 2.24) is 19.6 Å². The van der Waals surface area contributed by atoms with E-state index in [1.807, 2.05) is 29.2 Å². The molecular formula is C20H20N4O3. The van der Waals surface area contributed by atoms with E-state index in [0.29, 0.717) is 35.4 Å². The van der Waals surface area contributed by atoms with Gasteiger partial charge in [-0.25, -0.2) is 4.98 Å². The zero-order chi connectivity index (χ0) is 18.7. The maximum atomic E-state index is 13.3. The van der Waals surface area contributed by atoms with Crippen LogP contribution in [0.5, 0.6) is 0 Å². The molecule has 2 atom stereocenters. The predicted molar refractivity (Wildman–Crippen MR) is 98.7 cm³/mol. The highest BCUT2D eigenvalue weighted by atomic mass is 16.5. The molecule has 2 aliphatic rings. The molecule has 7 nitrogen and oxygen atoms in total. The molecule has 2 aromatic heterocycles. The van der Waals surface area contributed by atoms with E-state index < -0.39 is 0 Å². The summed E-state index contributed by atoms with van der Waals surface area (Å²) in [5.41, 5.74) is 1.85. The quantitative estimate of drug-likeness (QED) is 0.661. The Bertz CT molecular complexity index is 1110. The third-order valence-corrected chi connectivity index (χ3v) is 5.85. The second kappa shape index (κ2) is 5.77. The molecule has 5 rings (SSSR count). The van der Waals surface area contributed by atoms with E-state index >= 15 is 0 Å². The van der Waals surface area contributed by atoms with Gasteiger partial charge in [0.15, 0.2) is 0 Å². The molecule has 2 aliphatic heterocycles. The molecule has 7 heteroatoms. The number of hydrogen-bond donors (Lipinski definition) is 0. The summed E-state index contributed by atoms with van der Waals surface area (Å²) in [4.78, 5) is 33.0. The van der Waals surface area contributed by atoms with E-state index in [4.69, 9.17) is 9.51 Å². The molecule has 0 N–H and O–H groups in total. The first kappa shape index (κ1) is 16.2. The van der Waals surface area contributed by atoms with Gasteiger partial charge in [0.25, 0.3) is 11.5 Å². The highest BCUT2D eigenvalue weighted by Crippen LogP contribution is 2.33. The Balaban J connectivity index is 1.60. The van der Waals surface area contributed by atoms with Gasteiger partial charge in [-0.2, -0.15) is 0 Å². The molecule has 1 amide bonds. The molecule has 2 bridgehead atoms. The average Bonchev–Trinajstić information content (AvgIpc) is 3.14. The fourth-order valence-electron chi connectivity index (χ4n) is 4.57. The van der Waals surface area contributed by atoms with Crippen molar-refractivity contribution < 1.29 is 9.32 Å². The molecule has 27 heavy (non-hydrogen) atoms. The van der Waals surface area contributed by atoms with Crippen molar-refractivity contribution in [2.24, 2.45) is 0 Å². The Morgan fingerprint density at radius 1 is 1.19 bits per heavy atom. The lowest BCUT2D eigenvalue weighted by Crippen LogP contribution is -2.42. The Kier molecular flexibility index (Phi) is 3.47. The van der Waals surface area contributed by atoms with Crippen molar-refractivity contribution >= 4 is 16.8 Å². The van der Waals surface area contributed by atoms with Crippen molar-refractivity contribution in [2.45, 2.75) is 51.7 Å². The minimum absolute atomic E-state index is 0.0156. The molecular weight excluding hydrogens is 344 g/mol. The maximum Gasteiger partial charge on any atom is 0.261 e. The van der Waals surface area contributed by atoms with Crippen molar-refractivity contribution in [3.05, 3.63) is 57.5 Å². The van der Waals surface area contributed by atoms with Gasteiger partial charge >= 0.3 is 0 Å². The summed E-state index contributed by atoms with van der Waals surface area (Å²) in [6.45, 7) is 4.04. The van der Waals surface area contributed by atoms with E-state index in [1.165, 1.54) is 0 Å². The van der Waals surface area contributed by atoms with Crippen LogP contribution in [0.4, 0.5) is 0 Å². The number of aryl methyl sites for hydroxylation is 2. The van der Waals surface area contributed by atoms with Gasteiger partial charge in [0.05, 0.1) is 22.6 Å². The SMILES string of the molecule is Cc1noc(C)c1C(=O)N1C2CCC1Cn1c(nc3ccccc3c1=O)C2. The molecule has 0 saturated carbocycles. The fourth-order valence-corrected chi connectivity index (χ4v) is 4.57. The monoisotopic (exact) mass is 364 g/mol. The van der Waals surface area contributed by atoms with Gasteiger partial charge in [-0.3, -0.25) is 14.2 Å². The van der Waals surface area contributed by atoms with Crippen LogP contribution in [0.2, 0.25) is 0 Å². The van der Waals surface area contributed by atoms with Crippen LogP contribution in [0.3, 0.4) is 0 Å². The lowest BCUT2D eigenvalue weighted by atomic mass is 10.1. The largest absolute Gasteiger partial charge is 0.361 e. The van der Waals surface area contributed by atoms with E-state index in [1.54, 1.807) is 18.4 Å². The van der Waals surface area contributed by atoms with Gasteiger partial charge in [0.2, 0.25) is 0 Å². The van der Waals surface area contributed by atoms with E-state index in [0.717, 1.165) is 24.2 Å². The van der Waals surface area contributed by atoms with Crippen LogP contribution >= 0.6 is 0 Å². The molecule has 3 aromatic rings. The minimum Gasteiger partial charge on any atom is -0.361 e. The number of fused-ring (bicyclic) bond motifs is 4. The number of amides is 1. The third kappa shape index (κ3) is 2.34. The summed E-state index contributed by atoms with van der Waals surface area (Å²) in [6, 6.07) is 7.45. The number of benzene rings is 1. The molecule has 138 valence electrons. The molecule has 0 spiro atoms. The topological polar surface area (TPSA) is 81.2 Å². The average molecular weight is 364 g/mol. The molecule has 0 aliphatic carbocycles. The summed E-state index contributed by atoms with van der Waals surface area (Å²) in [5, 5.41) is 4.55. The summed E-state index contributed by atoms with van der Waals surface area (Å²) in [5.74, 6) is 1.26. The summed E-state index contributed by atoms with van der Waals surface area (Å²) < 4.78 is 6.96. The molecule has 4 heterocycles. The number of rotatable bonds is 1. The second-order valence-electron chi connectivity index (χ2n) is 7.46. The van der Waals surface area contributed by atoms with E-state index in [2.05, 4.69) is 5.16 Å². The molecule has 2 unspecified atom stereocenters. The first-order chi connectivity index (χ1) is 13.0. The smallest absolute Gasteiger partial charge is 0.261 e. The fraction of sp³-hybridized carbons (Fsp3) is 0.400. The lowest BCUT2D eigenvalue weighted by Gasteiger charge is -2.27. The number of para-hydroxylation sites is 1. The number of aromatic nitrogens is 3. The van der Waals surface area contributed by atoms with Crippen LogP contribution in [0.1, 0.15) is 40.5 Å². The predicted octanol–water partition coefficient (Wildman–Crippen LogP) is 2.23. The minimum atomic E-state index is -0.0517. The Labute approximate surface area is 155 Å². The van der Waals surface area contributed by atoms with E-state index in [-0.39, 0.29) is 23.6 Å². The van der Waals surface area contributed by atoms with Crippen LogP contribution in [-0.2, 0) is 13.0 Å². The standard InChI is InChI=1S/C20H20N4O3/c1-11-18(12(2)27-22-11)20(26)24-13-7-8-14(24)10-23-17(9-13)21-16-6-4-3-5-15(16)19(23)25/h3-6,13-14H,7-10H2,1-2H3. The Hall–Kier alpha value is -2.96. The first-order valence-corrected chi connectivity index (χ1v) is 9.28. The molecule has 1 saturated heterocycles. The van der Waals surface area contributed by atoms with Gasteiger partial charge in [-0.05, 0) is 38.8 Å². The van der Waals surface area contributed by atoms with Crippen molar-refractivity contribution in [3.63, 3.8) is 0 Å². The number of nitrogens with zero attached hydrogens (tertiary/aromatic N) is 4. The summed E-state index contributed by atoms with van der Waals surface area (Å²) >= 11 is 0.